The Kier molecular flexibility index (Phi) is 6.57. The van der Waals surface area contributed by atoms with Crippen LogP contribution in [0.2, 0.25) is 0 Å². The molecule has 0 unspecified atom stereocenters. The van der Waals surface area contributed by atoms with Crippen molar-refractivity contribution in [2.45, 2.75) is 44.8 Å². The smallest absolute Gasteiger partial charge is 0.416 e. The van der Waals surface area contributed by atoms with E-state index in [-0.39, 0.29) is 12.4 Å². The molecule has 1 atom stereocenters. The van der Waals surface area contributed by atoms with Gasteiger partial charge < -0.3 is 14.7 Å². The van der Waals surface area contributed by atoms with Gasteiger partial charge in [0.15, 0.2) is 5.82 Å². The van der Waals surface area contributed by atoms with Gasteiger partial charge in [-0.3, -0.25) is 4.90 Å². The molecule has 2 aliphatic rings. The van der Waals surface area contributed by atoms with Crippen LogP contribution >= 0.6 is 0 Å². The molecule has 174 valence electrons. The lowest BCUT2D eigenvalue weighted by atomic mass is 9.96. The Labute approximate surface area is 186 Å². The summed E-state index contributed by atoms with van der Waals surface area (Å²) >= 11 is 0. The molecule has 0 amide bonds. The second-order valence-corrected chi connectivity index (χ2v) is 8.56. The van der Waals surface area contributed by atoms with Crippen molar-refractivity contribution in [3.8, 4) is 17.0 Å². The van der Waals surface area contributed by atoms with Crippen LogP contribution in [0, 0.1) is 6.92 Å². The molecule has 3 heterocycles. The number of likely N-dealkylation sites (tertiary alicyclic amines) is 1. The summed E-state index contributed by atoms with van der Waals surface area (Å²) in [7, 11) is 1.37. The number of fused-ring (bicyclic) bond motifs is 1. The Morgan fingerprint density at radius 1 is 1.16 bits per heavy atom. The fourth-order valence-electron chi connectivity index (χ4n) is 4.91. The molecular formula is C23H29F3N4O2. The molecule has 0 saturated carbocycles. The van der Waals surface area contributed by atoms with Gasteiger partial charge in [-0.15, -0.1) is 10.2 Å². The lowest BCUT2D eigenvalue weighted by molar-refractivity contribution is -0.137. The van der Waals surface area contributed by atoms with E-state index in [0.717, 1.165) is 68.8 Å². The number of hydrogen-bond acceptors (Lipinski definition) is 6. The van der Waals surface area contributed by atoms with Crippen LogP contribution in [0.25, 0.3) is 11.3 Å². The molecule has 2 aliphatic heterocycles. The van der Waals surface area contributed by atoms with Crippen molar-refractivity contribution in [1.82, 2.24) is 15.1 Å². The number of benzene rings is 1. The first kappa shape index (κ1) is 22.8. The molecule has 1 N–H and O–H groups in total. The number of aliphatic hydroxyl groups is 1. The molecule has 0 spiro atoms. The van der Waals surface area contributed by atoms with Gasteiger partial charge in [-0.25, -0.2) is 0 Å². The van der Waals surface area contributed by atoms with E-state index < -0.39 is 11.7 Å². The number of methoxy groups -OCH3 is 1. The Hall–Kier alpha value is -2.39. The number of β-amino-alcohol motifs (C(OH)–C–C–N with tert-alkyl or cyclic N) is 1. The van der Waals surface area contributed by atoms with Gasteiger partial charge in [0.1, 0.15) is 5.75 Å². The summed E-state index contributed by atoms with van der Waals surface area (Å²) in [5.41, 5.74) is 1.84. The van der Waals surface area contributed by atoms with Gasteiger partial charge in [0, 0.05) is 31.2 Å². The number of alkyl halides is 3. The summed E-state index contributed by atoms with van der Waals surface area (Å²) in [4.78, 5) is 4.59. The van der Waals surface area contributed by atoms with Crippen LogP contribution in [0.3, 0.4) is 0 Å². The minimum absolute atomic E-state index is 0.145. The van der Waals surface area contributed by atoms with Gasteiger partial charge in [-0.2, -0.15) is 13.2 Å². The van der Waals surface area contributed by atoms with Crippen LogP contribution in [0.1, 0.15) is 36.0 Å². The summed E-state index contributed by atoms with van der Waals surface area (Å²) in [6.07, 6.45) is -0.468. The third-order valence-corrected chi connectivity index (χ3v) is 6.41. The number of anilines is 1. The zero-order chi connectivity index (χ0) is 22.9. The van der Waals surface area contributed by atoms with Crippen molar-refractivity contribution in [2.24, 2.45) is 0 Å². The zero-order valence-corrected chi connectivity index (χ0v) is 18.5. The maximum absolute atomic E-state index is 13.2. The Morgan fingerprint density at radius 2 is 1.97 bits per heavy atom. The highest BCUT2D eigenvalue weighted by molar-refractivity contribution is 5.73. The fraction of sp³-hybridized carbons (Fsp3) is 0.565. The third-order valence-electron chi connectivity index (χ3n) is 6.41. The van der Waals surface area contributed by atoms with E-state index in [1.807, 2.05) is 6.07 Å². The van der Waals surface area contributed by atoms with E-state index >= 15 is 0 Å². The second-order valence-electron chi connectivity index (χ2n) is 8.56. The van der Waals surface area contributed by atoms with Crippen LogP contribution in [0.15, 0.2) is 18.2 Å². The molecule has 2 aromatic rings. The van der Waals surface area contributed by atoms with Crippen molar-refractivity contribution in [3.05, 3.63) is 34.9 Å². The molecule has 0 aliphatic carbocycles. The van der Waals surface area contributed by atoms with Crippen molar-refractivity contribution < 1.29 is 23.0 Å². The van der Waals surface area contributed by atoms with Crippen LogP contribution in [0.5, 0.6) is 5.75 Å². The largest absolute Gasteiger partial charge is 0.496 e. The van der Waals surface area contributed by atoms with Crippen LogP contribution in [-0.4, -0.2) is 66.1 Å². The lowest BCUT2D eigenvalue weighted by Gasteiger charge is -2.42. The Bertz CT molecular complexity index is 965. The lowest BCUT2D eigenvalue weighted by Crippen LogP contribution is -2.50. The molecule has 0 bridgehead atoms. The van der Waals surface area contributed by atoms with E-state index in [1.165, 1.54) is 7.11 Å². The van der Waals surface area contributed by atoms with Gasteiger partial charge >= 0.3 is 6.18 Å². The number of aliphatic hydroxyl groups excluding tert-OH is 1. The van der Waals surface area contributed by atoms with E-state index in [2.05, 4.69) is 20.0 Å². The maximum atomic E-state index is 13.2. The van der Waals surface area contributed by atoms with Crippen molar-refractivity contribution >= 4 is 5.82 Å². The number of halogens is 3. The fourth-order valence-corrected chi connectivity index (χ4v) is 4.91. The number of piperidine rings is 1. The molecule has 4 rings (SSSR count). The highest BCUT2D eigenvalue weighted by atomic mass is 19.4. The number of hydrogen-bond donors (Lipinski definition) is 1. The average Bonchev–Trinajstić information content (AvgIpc) is 2.77. The van der Waals surface area contributed by atoms with Gasteiger partial charge in [0.25, 0.3) is 0 Å². The number of aryl methyl sites for hydroxylation is 2. The topological polar surface area (TPSA) is 61.7 Å². The summed E-state index contributed by atoms with van der Waals surface area (Å²) in [5, 5.41) is 18.2. The Balaban J connectivity index is 1.66. The average molecular weight is 451 g/mol. The van der Waals surface area contributed by atoms with Gasteiger partial charge in [-0.1, -0.05) is 0 Å². The van der Waals surface area contributed by atoms with Gasteiger partial charge in [-0.05, 0) is 68.5 Å². The third kappa shape index (κ3) is 4.54. The van der Waals surface area contributed by atoms with Gasteiger partial charge in [0.05, 0.1) is 25.0 Å². The molecule has 1 aromatic carbocycles. The molecule has 1 fully saturated rings. The second kappa shape index (κ2) is 9.23. The first-order chi connectivity index (χ1) is 15.3. The number of nitrogens with zero attached hydrogens (tertiary/aromatic N) is 4. The van der Waals surface area contributed by atoms with Crippen molar-refractivity contribution in [3.63, 3.8) is 0 Å². The summed E-state index contributed by atoms with van der Waals surface area (Å²) in [5.74, 6) is 1.01. The molecule has 1 aromatic heterocycles. The molecule has 9 heteroatoms. The van der Waals surface area contributed by atoms with E-state index in [0.29, 0.717) is 29.4 Å². The Morgan fingerprint density at radius 3 is 2.69 bits per heavy atom. The molecule has 32 heavy (non-hydrogen) atoms. The standard InChI is InChI=1S/C23H29F3N4O2/c1-15-11-17(23(24,25)26)13-20(32-2)21(15)19-12-16-5-3-8-30(22(16)28-27-19)18-6-4-7-29(14-18)9-10-31/h11-13,18,31H,3-10,14H2,1-2H3/t18-/m1/s1. The minimum atomic E-state index is -4.44. The first-order valence-corrected chi connectivity index (χ1v) is 11.0. The first-order valence-electron chi connectivity index (χ1n) is 11.0. The zero-order valence-electron chi connectivity index (χ0n) is 18.5. The SMILES string of the molecule is COc1cc(C(F)(F)F)cc(C)c1-c1cc2c(nn1)N([C@@H]1CCCN(CCO)C1)CCC2. The molecule has 6 nitrogen and oxygen atoms in total. The molecule has 0 radical (unpaired) electrons. The minimum Gasteiger partial charge on any atom is -0.496 e. The predicted octanol–water partition coefficient (Wildman–Crippen LogP) is 3.69. The quantitative estimate of drug-likeness (QED) is 0.750. The van der Waals surface area contributed by atoms with Crippen molar-refractivity contribution in [1.29, 1.82) is 0 Å². The summed E-state index contributed by atoms with van der Waals surface area (Å²) in [6.45, 7) is 5.25. The number of rotatable bonds is 5. The van der Waals surface area contributed by atoms with Crippen LogP contribution in [0.4, 0.5) is 19.0 Å². The van der Waals surface area contributed by atoms with Crippen LogP contribution < -0.4 is 9.64 Å². The highest BCUT2D eigenvalue weighted by Gasteiger charge is 2.33. The predicted molar refractivity (Wildman–Crippen MR) is 116 cm³/mol. The molecule has 1 saturated heterocycles. The van der Waals surface area contributed by atoms with E-state index in [1.54, 1.807) is 6.92 Å². The van der Waals surface area contributed by atoms with E-state index in [4.69, 9.17) is 4.74 Å². The normalized spacial score (nSPS) is 19.7. The van der Waals surface area contributed by atoms with Gasteiger partial charge in [0.2, 0.25) is 0 Å². The maximum Gasteiger partial charge on any atom is 0.416 e. The van der Waals surface area contributed by atoms with Crippen molar-refractivity contribution in [2.75, 3.05) is 44.8 Å². The van der Waals surface area contributed by atoms with Crippen LogP contribution in [-0.2, 0) is 12.6 Å². The molecular weight excluding hydrogens is 421 g/mol. The summed E-state index contributed by atoms with van der Waals surface area (Å²) in [6, 6.07) is 4.41. The summed E-state index contributed by atoms with van der Waals surface area (Å²) < 4.78 is 45.0. The highest BCUT2D eigenvalue weighted by Crippen LogP contribution is 2.40. The number of aromatic nitrogens is 2. The number of ether oxygens (including phenoxy) is 1. The monoisotopic (exact) mass is 450 g/mol. The van der Waals surface area contributed by atoms with E-state index in [9.17, 15) is 18.3 Å².